The summed E-state index contributed by atoms with van der Waals surface area (Å²) in [6.07, 6.45) is 4.58. The van der Waals surface area contributed by atoms with Crippen molar-refractivity contribution in [1.82, 2.24) is 4.57 Å². The van der Waals surface area contributed by atoms with Crippen LogP contribution in [0, 0.1) is 5.41 Å². The summed E-state index contributed by atoms with van der Waals surface area (Å²) in [5.41, 5.74) is 1.90. The van der Waals surface area contributed by atoms with Crippen molar-refractivity contribution >= 4 is 0 Å². The van der Waals surface area contributed by atoms with Crippen molar-refractivity contribution in [2.45, 2.75) is 51.7 Å². The molecule has 1 atom stereocenters. The summed E-state index contributed by atoms with van der Waals surface area (Å²) in [7, 11) is 0. The minimum atomic E-state index is 0.110. The van der Waals surface area contributed by atoms with Gasteiger partial charge in [-0.05, 0) is 36.0 Å². The highest BCUT2D eigenvalue weighted by molar-refractivity contribution is 5.19. The minimum absolute atomic E-state index is 0.110. The Morgan fingerprint density at radius 3 is 2.76 bits per heavy atom. The van der Waals surface area contributed by atoms with Crippen LogP contribution >= 0.6 is 0 Å². The highest BCUT2D eigenvalue weighted by atomic mass is 16.5. The van der Waals surface area contributed by atoms with E-state index >= 15 is 0 Å². The first-order valence-electron chi connectivity index (χ1n) is 6.34. The highest BCUT2D eigenvalue weighted by Gasteiger charge is 2.17. The van der Waals surface area contributed by atoms with Crippen LogP contribution < -0.4 is 5.49 Å². The van der Waals surface area contributed by atoms with Crippen molar-refractivity contribution < 1.29 is 4.74 Å². The first kappa shape index (κ1) is 12.4. The van der Waals surface area contributed by atoms with Gasteiger partial charge in [0, 0.05) is 12.8 Å². The maximum atomic E-state index is 8.06. The predicted molar refractivity (Wildman–Crippen MR) is 68.0 cm³/mol. The quantitative estimate of drug-likeness (QED) is 0.838. The zero-order valence-corrected chi connectivity index (χ0v) is 11.0. The standard InChI is InChI=1S/C14H22N2O/c1-14(2,3)11-6-7-16(13(15)9-11)10-12-5-4-8-17-12/h6-7,9,12,15H,4-5,8,10H2,1-3H3/t12-/m1/s1. The number of pyridine rings is 1. The molecule has 1 fully saturated rings. The van der Waals surface area contributed by atoms with Crippen molar-refractivity contribution in [3.8, 4) is 0 Å². The molecular weight excluding hydrogens is 212 g/mol. The van der Waals surface area contributed by atoms with Crippen molar-refractivity contribution in [1.29, 1.82) is 5.41 Å². The molecule has 2 heterocycles. The van der Waals surface area contributed by atoms with Gasteiger partial charge in [0.15, 0.2) is 0 Å². The lowest BCUT2D eigenvalue weighted by molar-refractivity contribution is 0.0958. The molecule has 0 spiro atoms. The van der Waals surface area contributed by atoms with Crippen LogP contribution in [0.1, 0.15) is 39.2 Å². The third-order valence-electron chi connectivity index (χ3n) is 3.33. The molecule has 1 saturated heterocycles. The summed E-state index contributed by atoms with van der Waals surface area (Å²) >= 11 is 0. The van der Waals surface area contributed by atoms with E-state index in [0.29, 0.717) is 11.6 Å². The van der Waals surface area contributed by atoms with Gasteiger partial charge in [0.2, 0.25) is 0 Å². The van der Waals surface area contributed by atoms with Gasteiger partial charge in [-0.2, -0.15) is 0 Å². The van der Waals surface area contributed by atoms with E-state index in [1.54, 1.807) is 0 Å². The lowest BCUT2D eigenvalue weighted by Gasteiger charge is -2.20. The van der Waals surface area contributed by atoms with Crippen LogP contribution in [0.4, 0.5) is 0 Å². The predicted octanol–water partition coefficient (Wildman–Crippen LogP) is 2.44. The van der Waals surface area contributed by atoms with E-state index < -0.39 is 0 Å². The SMILES string of the molecule is CC(C)(C)c1ccn(C[C@H]2CCCO2)c(=N)c1. The molecule has 0 saturated carbocycles. The smallest absolute Gasteiger partial charge is 0.125 e. The molecule has 0 bridgehead atoms. The molecule has 0 unspecified atom stereocenters. The minimum Gasteiger partial charge on any atom is -0.376 e. The maximum absolute atomic E-state index is 8.06. The maximum Gasteiger partial charge on any atom is 0.125 e. The van der Waals surface area contributed by atoms with Crippen molar-refractivity contribution in [2.75, 3.05) is 6.61 Å². The summed E-state index contributed by atoms with van der Waals surface area (Å²) in [4.78, 5) is 0. The number of rotatable bonds is 2. The number of hydrogen-bond donors (Lipinski definition) is 1. The van der Waals surface area contributed by atoms with Gasteiger partial charge in [-0.1, -0.05) is 20.8 Å². The Balaban J connectivity index is 2.17. The Hall–Kier alpha value is -1.09. The summed E-state index contributed by atoms with van der Waals surface area (Å²) < 4.78 is 7.58. The molecule has 1 aliphatic heterocycles. The van der Waals surface area contributed by atoms with E-state index in [2.05, 4.69) is 26.8 Å². The van der Waals surface area contributed by atoms with Gasteiger partial charge in [0.05, 0.1) is 12.6 Å². The number of ether oxygens (including phenoxy) is 1. The van der Waals surface area contributed by atoms with Crippen LogP contribution in [0.25, 0.3) is 0 Å². The van der Waals surface area contributed by atoms with Gasteiger partial charge in [-0.3, -0.25) is 5.41 Å². The van der Waals surface area contributed by atoms with E-state index in [1.165, 1.54) is 5.56 Å². The molecule has 0 amide bonds. The molecule has 3 heteroatoms. The van der Waals surface area contributed by atoms with Crippen molar-refractivity contribution in [3.05, 3.63) is 29.4 Å². The van der Waals surface area contributed by atoms with Gasteiger partial charge in [-0.15, -0.1) is 0 Å². The van der Waals surface area contributed by atoms with Gasteiger partial charge in [0.1, 0.15) is 5.49 Å². The Bertz CT molecular complexity index is 436. The monoisotopic (exact) mass is 234 g/mol. The largest absolute Gasteiger partial charge is 0.376 e. The fraction of sp³-hybridized carbons (Fsp3) is 0.643. The molecule has 1 N–H and O–H groups in total. The van der Waals surface area contributed by atoms with Crippen LogP contribution in [0.2, 0.25) is 0 Å². The van der Waals surface area contributed by atoms with Crippen LogP contribution in [-0.2, 0) is 16.7 Å². The first-order valence-corrected chi connectivity index (χ1v) is 6.34. The van der Waals surface area contributed by atoms with Crippen LogP contribution in [0.5, 0.6) is 0 Å². The molecule has 1 aliphatic rings. The molecule has 1 aromatic rings. The number of aromatic nitrogens is 1. The average molecular weight is 234 g/mol. The van der Waals surface area contributed by atoms with Gasteiger partial charge in [0.25, 0.3) is 0 Å². The number of nitrogens with zero attached hydrogens (tertiary/aromatic N) is 1. The lowest BCUT2D eigenvalue weighted by atomic mass is 9.88. The first-order chi connectivity index (χ1) is 7.97. The van der Waals surface area contributed by atoms with E-state index in [-0.39, 0.29) is 5.41 Å². The highest BCUT2D eigenvalue weighted by Crippen LogP contribution is 2.20. The normalized spacial score (nSPS) is 20.8. The molecule has 0 aliphatic carbocycles. The molecule has 0 aromatic carbocycles. The summed E-state index contributed by atoms with van der Waals surface area (Å²) in [6, 6.07) is 4.09. The van der Waals surface area contributed by atoms with E-state index in [9.17, 15) is 0 Å². The third-order valence-corrected chi connectivity index (χ3v) is 3.33. The molecule has 1 aromatic heterocycles. The Kier molecular flexibility index (Phi) is 3.38. The Labute approximate surface area is 103 Å². The molecule has 2 rings (SSSR count). The molecule has 17 heavy (non-hydrogen) atoms. The average Bonchev–Trinajstić information content (AvgIpc) is 2.72. The zero-order chi connectivity index (χ0) is 12.5. The zero-order valence-electron chi connectivity index (χ0n) is 11.0. The fourth-order valence-corrected chi connectivity index (χ4v) is 2.16. The fourth-order valence-electron chi connectivity index (χ4n) is 2.16. The van der Waals surface area contributed by atoms with Gasteiger partial charge in [-0.25, -0.2) is 0 Å². The second-order valence-electron chi connectivity index (χ2n) is 5.84. The molecule has 3 nitrogen and oxygen atoms in total. The topological polar surface area (TPSA) is 38.0 Å². The van der Waals surface area contributed by atoms with E-state index in [0.717, 1.165) is 26.0 Å². The van der Waals surface area contributed by atoms with Crippen LogP contribution in [0.3, 0.4) is 0 Å². The number of hydrogen-bond acceptors (Lipinski definition) is 2. The van der Waals surface area contributed by atoms with Crippen LogP contribution in [-0.4, -0.2) is 17.3 Å². The summed E-state index contributed by atoms with van der Waals surface area (Å²) in [5.74, 6) is 0. The lowest BCUT2D eigenvalue weighted by Crippen LogP contribution is -2.27. The summed E-state index contributed by atoms with van der Waals surface area (Å²) in [5, 5.41) is 8.06. The van der Waals surface area contributed by atoms with Gasteiger partial charge < -0.3 is 9.30 Å². The molecule has 0 radical (unpaired) electrons. The summed E-state index contributed by atoms with van der Waals surface area (Å²) in [6.45, 7) is 8.20. The van der Waals surface area contributed by atoms with E-state index in [1.807, 2.05) is 16.8 Å². The molecule has 94 valence electrons. The van der Waals surface area contributed by atoms with Crippen molar-refractivity contribution in [3.63, 3.8) is 0 Å². The number of nitrogens with one attached hydrogen (secondary N) is 1. The van der Waals surface area contributed by atoms with Crippen LogP contribution in [0.15, 0.2) is 18.3 Å². The van der Waals surface area contributed by atoms with Crippen molar-refractivity contribution in [2.24, 2.45) is 0 Å². The third kappa shape index (κ3) is 2.97. The van der Waals surface area contributed by atoms with Gasteiger partial charge >= 0.3 is 0 Å². The Morgan fingerprint density at radius 2 is 2.24 bits per heavy atom. The molecular formula is C14H22N2O. The second kappa shape index (κ2) is 4.65. The Morgan fingerprint density at radius 1 is 1.47 bits per heavy atom. The second-order valence-corrected chi connectivity index (χ2v) is 5.84. The van der Waals surface area contributed by atoms with E-state index in [4.69, 9.17) is 10.1 Å².